The van der Waals surface area contributed by atoms with Gasteiger partial charge >= 0.3 is 0 Å². The SMILES string of the molecule is CN1C2CCC1CC(CNC(=O)CCC1CCCNC1)C2. The molecule has 21 heavy (non-hydrogen) atoms. The highest BCUT2D eigenvalue weighted by Gasteiger charge is 2.38. The van der Waals surface area contributed by atoms with Crippen LogP contribution in [0.1, 0.15) is 51.4 Å². The van der Waals surface area contributed by atoms with E-state index in [2.05, 4.69) is 22.6 Å². The third-order valence-electron chi connectivity index (χ3n) is 5.96. The Kier molecular flexibility index (Phi) is 5.17. The number of nitrogens with one attached hydrogen (secondary N) is 2. The molecule has 2 bridgehead atoms. The molecule has 3 aliphatic heterocycles. The summed E-state index contributed by atoms with van der Waals surface area (Å²) in [7, 11) is 2.27. The summed E-state index contributed by atoms with van der Waals surface area (Å²) < 4.78 is 0. The second-order valence-electron chi connectivity index (χ2n) is 7.44. The Hall–Kier alpha value is -0.610. The van der Waals surface area contributed by atoms with E-state index in [-0.39, 0.29) is 5.91 Å². The number of piperidine rings is 2. The van der Waals surface area contributed by atoms with Crippen molar-refractivity contribution in [2.24, 2.45) is 11.8 Å². The van der Waals surface area contributed by atoms with E-state index in [1.54, 1.807) is 0 Å². The Labute approximate surface area is 129 Å². The first kappa shape index (κ1) is 15.3. The molecule has 3 aliphatic rings. The van der Waals surface area contributed by atoms with Crippen LogP contribution in [0, 0.1) is 11.8 Å². The van der Waals surface area contributed by atoms with Crippen LogP contribution in [-0.4, -0.2) is 49.6 Å². The summed E-state index contributed by atoms with van der Waals surface area (Å²) in [5.41, 5.74) is 0. The van der Waals surface area contributed by atoms with Gasteiger partial charge in [-0.1, -0.05) is 0 Å². The predicted octanol–water partition coefficient (Wildman–Crippen LogP) is 1.76. The Morgan fingerprint density at radius 2 is 1.95 bits per heavy atom. The van der Waals surface area contributed by atoms with E-state index in [1.807, 2.05) is 0 Å². The van der Waals surface area contributed by atoms with E-state index in [0.717, 1.165) is 38.1 Å². The average Bonchev–Trinajstić information content (AvgIpc) is 2.74. The fraction of sp³-hybridized carbons (Fsp3) is 0.941. The molecule has 4 heteroatoms. The van der Waals surface area contributed by atoms with Gasteiger partial charge in [0.15, 0.2) is 0 Å². The van der Waals surface area contributed by atoms with E-state index < -0.39 is 0 Å². The van der Waals surface area contributed by atoms with Crippen molar-refractivity contribution in [3.05, 3.63) is 0 Å². The molecule has 3 atom stereocenters. The van der Waals surface area contributed by atoms with E-state index in [9.17, 15) is 4.79 Å². The van der Waals surface area contributed by atoms with Gasteiger partial charge < -0.3 is 15.5 Å². The average molecular weight is 293 g/mol. The second kappa shape index (κ2) is 7.10. The number of rotatable bonds is 5. The molecule has 3 saturated heterocycles. The van der Waals surface area contributed by atoms with Crippen molar-refractivity contribution in [1.82, 2.24) is 15.5 Å². The Morgan fingerprint density at radius 1 is 1.19 bits per heavy atom. The van der Waals surface area contributed by atoms with Gasteiger partial charge in [0, 0.05) is 25.0 Å². The van der Waals surface area contributed by atoms with E-state index in [0.29, 0.717) is 18.3 Å². The molecule has 4 nitrogen and oxygen atoms in total. The van der Waals surface area contributed by atoms with Gasteiger partial charge in [-0.15, -0.1) is 0 Å². The molecule has 0 aromatic carbocycles. The lowest BCUT2D eigenvalue weighted by molar-refractivity contribution is -0.121. The molecule has 3 fully saturated rings. The van der Waals surface area contributed by atoms with Crippen molar-refractivity contribution in [3.8, 4) is 0 Å². The van der Waals surface area contributed by atoms with Crippen LogP contribution < -0.4 is 10.6 Å². The Balaban J connectivity index is 1.32. The monoisotopic (exact) mass is 293 g/mol. The predicted molar refractivity (Wildman–Crippen MR) is 85.1 cm³/mol. The minimum absolute atomic E-state index is 0.270. The molecule has 3 unspecified atom stereocenters. The van der Waals surface area contributed by atoms with Gasteiger partial charge in [0.1, 0.15) is 0 Å². The third kappa shape index (κ3) is 3.98. The number of fused-ring (bicyclic) bond motifs is 2. The van der Waals surface area contributed by atoms with Crippen LogP contribution in [0.4, 0.5) is 0 Å². The molecule has 0 saturated carbocycles. The number of hydrogen-bond donors (Lipinski definition) is 2. The molecule has 2 N–H and O–H groups in total. The highest BCUT2D eigenvalue weighted by Crippen LogP contribution is 2.37. The molecule has 0 aromatic rings. The maximum Gasteiger partial charge on any atom is 0.220 e. The molecular formula is C17H31N3O. The quantitative estimate of drug-likeness (QED) is 0.812. The Bertz CT molecular complexity index is 340. The maximum atomic E-state index is 12.0. The first-order valence-corrected chi connectivity index (χ1v) is 8.91. The van der Waals surface area contributed by atoms with Gasteiger partial charge in [0.25, 0.3) is 0 Å². The van der Waals surface area contributed by atoms with Crippen molar-refractivity contribution in [3.63, 3.8) is 0 Å². The fourth-order valence-electron chi connectivity index (χ4n) is 4.54. The van der Waals surface area contributed by atoms with Gasteiger partial charge in [-0.3, -0.25) is 4.79 Å². The van der Waals surface area contributed by atoms with Crippen LogP contribution in [0.5, 0.6) is 0 Å². The van der Waals surface area contributed by atoms with E-state index in [4.69, 9.17) is 0 Å². The second-order valence-corrected chi connectivity index (χ2v) is 7.44. The normalized spacial score (nSPS) is 36.6. The highest BCUT2D eigenvalue weighted by atomic mass is 16.1. The zero-order valence-corrected chi connectivity index (χ0v) is 13.4. The van der Waals surface area contributed by atoms with Crippen LogP contribution in [-0.2, 0) is 4.79 Å². The van der Waals surface area contributed by atoms with Crippen molar-refractivity contribution in [2.75, 3.05) is 26.7 Å². The molecule has 120 valence electrons. The van der Waals surface area contributed by atoms with Crippen LogP contribution in [0.2, 0.25) is 0 Å². The molecule has 3 rings (SSSR count). The van der Waals surface area contributed by atoms with E-state index >= 15 is 0 Å². The van der Waals surface area contributed by atoms with Crippen molar-refractivity contribution < 1.29 is 4.79 Å². The third-order valence-corrected chi connectivity index (χ3v) is 5.96. The summed E-state index contributed by atoms with van der Waals surface area (Å²) in [6.45, 7) is 3.16. The number of amides is 1. The first-order chi connectivity index (χ1) is 10.2. The number of hydrogen-bond acceptors (Lipinski definition) is 3. The van der Waals surface area contributed by atoms with Crippen molar-refractivity contribution in [2.45, 2.75) is 63.5 Å². The summed E-state index contributed by atoms with van der Waals surface area (Å²) in [5, 5.41) is 6.62. The largest absolute Gasteiger partial charge is 0.356 e. The Morgan fingerprint density at radius 3 is 2.62 bits per heavy atom. The zero-order valence-electron chi connectivity index (χ0n) is 13.4. The molecular weight excluding hydrogens is 262 g/mol. The molecule has 0 aliphatic carbocycles. The molecule has 0 aromatic heterocycles. The number of carbonyl (C=O) groups is 1. The van der Waals surface area contributed by atoms with Crippen LogP contribution in [0.25, 0.3) is 0 Å². The van der Waals surface area contributed by atoms with Gasteiger partial charge in [0.05, 0.1) is 0 Å². The van der Waals surface area contributed by atoms with Crippen LogP contribution in [0.3, 0.4) is 0 Å². The van der Waals surface area contributed by atoms with Crippen LogP contribution in [0.15, 0.2) is 0 Å². The minimum atomic E-state index is 0.270. The summed E-state index contributed by atoms with van der Waals surface area (Å²) >= 11 is 0. The summed E-state index contributed by atoms with van der Waals surface area (Å²) in [6.07, 6.45) is 9.60. The smallest absolute Gasteiger partial charge is 0.220 e. The molecule has 3 heterocycles. The van der Waals surface area contributed by atoms with Gasteiger partial charge in [-0.05, 0) is 76.9 Å². The zero-order chi connectivity index (χ0) is 14.7. The molecule has 1 amide bonds. The minimum Gasteiger partial charge on any atom is -0.356 e. The van der Waals surface area contributed by atoms with Gasteiger partial charge in [-0.25, -0.2) is 0 Å². The van der Waals surface area contributed by atoms with Gasteiger partial charge in [0.2, 0.25) is 5.91 Å². The van der Waals surface area contributed by atoms with Crippen LogP contribution >= 0.6 is 0 Å². The van der Waals surface area contributed by atoms with Crippen molar-refractivity contribution in [1.29, 1.82) is 0 Å². The standard InChI is InChI=1S/C17H31N3O/c1-20-15-5-6-16(20)10-14(9-15)12-19-17(21)7-4-13-3-2-8-18-11-13/h13-16,18H,2-12H2,1H3,(H,19,21). The lowest BCUT2D eigenvalue weighted by Gasteiger charge is -2.36. The summed E-state index contributed by atoms with van der Waals surface area (Å²) in [6, 6.07) is 1.55. The van der Waals surface area contributed by atoms with E-state index in [1.165, 1.54) is 38.5 Å². The number of carbonyl (C=O) groups excluding carboxylic acids is 1. The summed E-state index contributed by atoms with van der Waals surface area (Å²) in [4.78, 5) is 14.6. The first-order valence-electron chi connectivity index (χ1n) is 8.91. The molecule has 0 spiro atoms. The fourth-order valence-corrected chi connectivity index (χ4v) is 4.54. The van der Waals surface area contributed by atoms with Crippen molar-refractivity contribution >= 4 is 5.91 Å². The summed E-state index contributed by atoms with van der Waals surface area (Å²) in [5.74, 6) is 1.69. The number of nitrogens with zero attached hydrogens (tertiary/aromatic N) is 1. The molecule has 0 radical (unpaired) electrons. The topological polar surface area (TPSA) is 44.4 Å². The lowest BCUT2D eigenvalue weighted by atomic mass is 9.91. The maximum absolute atomic E-state index is 12.0. The highest BCUT2D eigenvalue weighted by molar-refractivity contribution is 5.75. The lowest BCUT2D eigenvalue weighted by Crippen LogP contribution is -2.43. The van der Waals surface area contributed by atoms with Gasteiger partial charge in [-0.2, -0.15) is 0 Å².